The number of aromatic nitrogens is 3. The molecule has 0 bridgehead atoms. The van der Waals surface area contributed by atoms with E-state index in [4.69, 9.17) is 4.74 Å². The number of aromatic amines is 2. The third-order valence-electron chi connectivity index (χ3n) is 6.80. The first-order valence-electron chi connectivity index (χ1n) is 13.1. The summed E-state index contributed by atoms with van der Waals surface area (Å²) in [5, 5.41) is 10.5. The maximum absolute atomic E-state index is 15.0. The minimum absolute atomic E-state index is 0.118. The maximum atomic E-state index is 15.0. The molecule has 3 heterocycles. The van der Waals surface area contributed by atoms with Crippen molar-refractivity contribution in [2.75, 3.05) is 38.2 Å². The zero-order chi connectivity index (χ0) is 27.9. The molecule has 9 nitrogen and oxygen atoms in total. The van der Waals surface area contributed by atoms with Crippen molar-refractivity contribution in [3.63, 3.8) is 0 Å². The van der Waals surface area contributed by atoms with E-state index in [-0.39, 0.29) is 23.4 Å². The van der Waals surface area contributed by atoms with Crippen molar-refractivity contribution in [2.45, 2.75) is 40.2 Å². The number of halogens is 2. The largest absolute Gasteiger partial charge is 0.468 e. The Labute approximate surface area is 227 Å². The molecule has 1 unspecified atom stereocenters. The molecule has 3 N–H and O–H groups in total. The van der Waals surface area contributed by atoms with Gasteiger partial charge in [-0.15, -0.1) is 0 Å². The molecule has 2 aromatic heterocycles. The van der Waals surface area contributed by atoms with Crippen LogP contribution in [0.4, 0.5) is 14.6 Å². The van der Waals surface area contributed by atoms with E-state index in [0.29, 0.717) is 29.2 Å². The lowest BCUT2D eigenvalue weighted by Crippen LogP contribution is -2.38. The normalized spacial score (nSPS) is 16.7. The molecule has 0 aliphatic carbocycles. The average molecular weight is 539 g/mol. The fourth-order valence-electron chi connectivity index (χ4n) is 4.87. The maximum Gasteiger partial charge on any atom is 0.181 e. The molecule has 0 radical (unpaired) electrons. The highest BCUT2D eigenvalue weighted by Gasteiger charge is 2.28. The van der Waals surface area contributed by atoms with Gasteiger partial charge in [0.15, 0.2) is 29.9 Å². The smallest absolute Gasteiger partial charge is 0.181 e. The van der Waals surface area contributed by atoms with Crippen LogP contribution in [0.15, 0.2) is 46.2 Å². The van der Waals surface area contributed by atoms with Crippen molar-refractivity contribution < 1.29 is 13.5 Å². The Morgan fingerprint density at radius 3 is 2.82 bits per heavy atom. The van der Waals surface area contributed by atoms with E-state index in [1.807, 2.05) is 25.1 Å². The summed E-state index contributed by atoms with van der Waals surface area (Å²) in [6.07, 6.45) is 6.56. The molecule has 0 amide bonds. The molecule has 1 aliphatic heterocycles. The number of allylic oxidation sites excluding steroid dienone is 1. The summed E-state index contributed by atoms with van der Waals surface area (Å²) in [6, 6.07) is 4.83. The van der Waals surface area contributed by atoms with E-state index in [0.717, 1.165) is 44.4 Å². The zero-order valence-corrected chi connectivity index (χ0v) is 22.9. The Morgan fingerprint density at radius 2 is 2.10 bits per heavy atom. The molecule has 1 atom stereocenters. The van der Waals surface area contributed by atoms with Gasteiger partial charge in [0.1, 0.15) is 11.7 Å². The van der Waals surface area contributed by atoms with Crippen LogP contribution in [0, 0.1) is 18.6 Å². The van der Waals surface area contributed by atoms with Gasteiger partial charge < -0.3 is 19.9 Å². The van der Waals surface area contributed by atoms with Crippen LogP contribution < -0.4 is 10.1 Å². The van der Waals surface area contributed by atoms with Crippen LogP contribution in [0.25, 0.3) is 17.0 Å². The number of rotatable bonds is 11. The summed E-state index contributed by atoms with van der Waals surface area (Å²) < 4.78 is 35.2. The van der Waals surface area contributed by atoms with Crippen LogP contribution in [-0.4, -0.2) is 76.5 Å². The molecule has 11 heteroatoms. The van der Waals surface area contributed by atoms with Crippen LogP contribution in [0.3, 0.4) is 0 Å². The number of hydrogen-bond acceptors (Lipinski definition) is 6. The Balaban J connectivity index is 1.58. The van der Waals surface area contributed by atoms with Gasteiger partial charge >= 0.3 is 0 Å². The van der Waals surface area contributed by atoms with Gasteiger partial charge in [0, 0.05) is 48.4 Å². The molecule has 1 fully saturated rings. The number of nitrogens with one attached hydrogen (secondary N) is 3. The number of fused-ring (bicyclic) bond motifs is 1. The molecular formula is C28H36F2N8O. The molecule has 1 saturated heterocycles. The summed E-state index contributed by atoms with van der Waals surface area (Å²) in [7, 11) is 0. The van der Waals surface area contributed by atoms with Gasteiger partial charge in [0.25, 0.3) is 0 Å². The number of ether oxygens (including phenoxy) is 1. The van der Waals surface area contributed by atoms with Crippen LogP contribution in [-0.2, 0) is 0 Å². The third kappa shape index (κ3) is 6.54. The first kappa shape index (κ1) is 28.0. The highest BCUT2D eigenvalue weighted by molar-refractivity contribution is 5.94. The number of nitrogens with zero attached hydrogens (tertiary/aromatic N) is 5. The van der Waals surface area contributed by atoms with Gasteiger partial charge in [-0.3, -0.25) is 10.00 Å². The van der Waals surface area contributed by atoms with E-state index in [2.05, 4.69) is 60.8 Å². The number of likely N-dealkylation sites (tertiary alicyclic amines) is 1. The minimum Gasteiger partial charge on any atom is -0.468 e. The van der Waals surface area contributed by atoms with Gasteiger partial charge in [-0.25, -0.2) is 18.8 Å². The number of aryl methyl sites for hydroxylation is 1. The summed E-state index contributed by atoms with van der Waals surface area (Å²) in [5.74, 6) is 0.215. The predicted molar refractivity (Wildman–Crippen MR) is 153 cm³/mol. The van der Waals surface area contributed by atoms with E-state index in [1.165, 1.54) is 0 Å². The molecule has 208 valence electrons. The monoisotopic (exact) mass is 538 g/mol. The standard InChI is InChI=1S/C28H36F2N8O/c1-6-9-19-13-25(36-35-19)34-24(31-5)15-26(38-11-10-20(16-38)37(7-2)8-3)32-17-39-23-14-22(29)28-21(27(23)30)12-18(4)33-28/h6,9,12-15,20,33H,5,7-8,10-11,16-17H2,1-4H3,(H2,34,35,36)/b9-6+,24-15+,32-26+. The van der Waals surface area contributed by atoms with Gasteiger partial charge in [-0.05, 0) is 52.2 Å². The third-order valence-corrected chi connectivity index (χ3v) is 6.80. The number of anilines is 1. The predicted octanol–water partition coefficient (Wildman–Crippen LogP) is 5.32. The van der Waals surface area contributed by atoms with Gasteiger partial charge in [0.05, 0.1) is 11.2 Å². The van der Waals surface area contributed by atoms with Crippen molar-refractivity contribution in [1.82, 2.24) is 25.0 Å². The van der Waals surface area contributed by atoms with Crippen molar-refractivity contribution in [3.05, 3.63) is 59.2 Å². The Morgan fingerprint density at radius 1 is 1.31 bits per heavy atom. The van der Waals surface area contributed by atoms with Crippen molar-refractivity contribution in [1.29, 1.82) is 0 Å². The number of aliphatic imine (C=N–C) groups is 2. The molecule has 39 heavy (non-hydrogen) atoms. The molecular weight excluding hydrogens is 502 g/mol. The van der Waals surface area contributed by atoms with Gasteiger partial charge in [0.2, 0.25) is 0 Å². The van der Waals surface area contributed by atoms with E-state index >= 15 is 4.39 Å². The number of likely N-dealkylation sites (N-methyl/N-ethyl adjacent to an activating group) is 1. The molecule has 1 aliphatic rings. The topological polar surface area (TPSA) is 96.9 Å². The highest BCUT2D eigenvalue weighted by Crippen LogP contribution is 2.29. The lowest BCUT2D eigenvalue weighted by molar-refractivity contribution is 0.223. The molecule has 0 spiro atoms. The van der Waals surface area contributed by atoms with E-state index < -0.39 is 11.6 Å². The number of H-pyrrole nitrogens is 2. The fourth-order valence-corrected chi connectivity index (χ4v) is 4.87. The average Bonchev–Trinajstić information content (AvgIpc) is 3.67. The first-order chi connectivity index (χ1) is 18.9. The van der Waals surface area contributed by atoms with Gasteiger partial charge in [-0.1, -0.05) is 19.9 Å². The first-order valence-corrected chi connectivity index (χ1v) is 13.1. The number of amidine groups is 1. The second-order valence-electron chi connectivity index (χ2n) is 9.33. The molecule has 1 aromatic carbocycles. The Kier molecular flexibility index (Phi) is 9.13. The lowest BCUT2D eigenvalue weighted by Gasteiger charge is -2.26. The molecule has 0 saturated carbocycles. The van der Waals surface area contributed by atoms with Gasteiger partial charge in [-0.2, -0.15) is 5.10 Å². The minimum atomic E-state index is -0.628. The van der Waals surface area contributed by atoms with E-state index in [9.17, 15) is 4.39 Å². The highest BCUT2D eigenvalue weighted by atomic mass is 19.1. The zero-order valence-electron chi connectivity index (χ0n) is 22.9. The number of hydrogen-bond donors (Lipinski definition) is 3. The second-order valence-corrected chi connectivity index (χ2v) is 9.33. The van der Waals surface area contributed by atoms with Crippen LogP contribution >= 0.6 is 0 Å². The lowest BCUT2D eigenvalue weighted by atomic mass is 10.2. The molecule has 3 aromatic rings. The van der Waals surface area contributed by atoms with Crippen LogP contribution in [0.5, 0.6) is 5.75 Å². The molecule has 4 rings (SSSR count). The summed E-state index contributed by atoms with van der Waals surface area (Å²) in [6.45, 7) is 14.9. The Hall–Kier alpha value is -3.99. The summed E-state index contributed by atoms with van der Waals surface area (Å²) in [5.41, 5.74) is 1.62. The van der Waals surface area contributed by atoms with Crippen LogP contribution in [0.1, 0.15) is 38.6 Å². The SMILES string of the molecule is C=N/C(=C\C(=N/COc1cc(F)c2[nH]c(C)cc2c1F)N1CCC(N(CC)CC)C1)Nc1cc(/C=C/C)[nH]n1. The quantitative estimate of drug-likeness (QED) is 0.227. The van der Waals surface area contributed by atoms with Crippen molar-refractivity contribution in [2.24, 2.45) is 9.98 Å². The summed E-state index contributed by atoms with van der Waals surface area (Å²) in [4.78, 5) is 16.1. The Bertz CT molecular complexity index is 1390. The second kappa shape index (κ2) is 12.7. The summed E-state index contributed by atoms with van der Waals surface area (Å²) >= 11 is 0. The van der Waals surface area contributed by atoms with Crippen molar-refractivity contribution in [3.8, 4) is 5.75 Å². The fraction of sp³-hybridized carbons (Fsp3) is 0.393. The van der Waals surface area contributed by atoms with Crippen molar-refractivity contribution >= 4 is 35.3 Å². The van der Waals surface area contributed by atoms with Crippen LogP contribution in [0.2, 0.25) is 0 Å². The van der Waals surface area contributed by atoms with E-state index in [1.54, 1.807) is 19.1 Å². The number of benzene rings is 1.